The fourth-order valence-corrected chi connectivity index (χ4v) is 4.24. The highest BCUT2D eigenvalue weighted by Crippen LogP contribution is 2.31. The second-order valence-electron chi connectivity index (χ2n) is 8.32. The molecular weight excluding hydrogens is 390 g/mol. The average Bonchev–Trinajstić information content (AvgIpc) is 2.79. The lowest BCUT2D eigenvalue weighted by Crippen LogP contribution is -2.30. The number of ether oxygens (including phenoxy) is 1. The van der Waals surface area contributed by atoms with Crippen LogP contribution >= 0.6 is 0 Å². The Bertz CT molecular complexity index is 1040. The number of fused-ring (bicyclic) bond motifs is 1. The summed E-state index contributed by atoms with van der Waals surface area (Å²) in [6.07, 6.45) is 8.61. The van der Waals surface area contributed by atoms with Crippen molar-refractivity contribution >= 4 is 11.0 Å². The van der Waals surface area contributed by atoms with E-state index >= 15 is 0 Å². The summed E-state index contributed by atoms with van der Waals surface area (Å²) in [7, 11) is 0. The molecule has 3 aromatic rings. The van der Waals surface area contributed by atoms with E-state index in [2.05, 4.69) is 4.90 Å². The Balaban J connectivity index is 1.32. The van der Waals surface area contributed by atoms with Crippen LogP contribution in [0, 0.1) is 0 Å². The maximum atomic E-state index is 12.5. The highest BCUT2D eigenvalue weighted by Gasteiger charge is 2.13. The van der Waals surface area contributed by atoms with Gasteiger partial charge in [0, 0.05) is 23.8 Å². The summed E-state index contributed by atoms with van der Waals surface area (Å²) in [5.74, 6) is 0.887. The molecule has 0 spiro atoms. The number of hydrogen-bond donors (Lipinski definition) is 1. The number of hydrogen-bond acceptors (Lipinski definition) is 5. The Morgan fingerprint density at radius 2 is 1.71 bits per heavy atom. The third-order valence-corrected chi connectivity index (χ3v) is 5.93. The van der Waals surface area contributed by atoms with Crippen LogP contribution in [-0.2, 0) is 0 Å². The Morgan fingerprint density at radius 3 is 2.52 bits per heavy atom. The molecular formula is C26H31NO4. The van der Waals surface area contributed by atoms with Crippen LogP contribution in [0.1, 0.15) is 44.9 Å². The van der Waals surface area contributed by atoms with Crippen molar-refractivity contribution in [3.8, 4) is 22.8 Å². The van der Waals surface area contributed by atoms with Crippen molar-refractivity contribution in [2.45, 2.75) is 44.9 Å². The van der Waals surface area contributed by atoms with Gasteiger partial charge in [-0.3, -0.25) is 4.79 Å². The highest BCUT2D eigenvalue weighted by atomic mass is 16.5. The van der Waals surface area contributed by atoms with E-state index in [9.17, 15) is 9.90 Å². The molecule has 5 heteroatoms. The van der Waals surface area contributed by atoms with Crippen molar-refractivity contribution < 1.29 is 14.3 Å². The zero-order chi connectivity index (χ0) is 21.5. The molecule has 2 heterocycles. The molecule has 164 valence electrons. The number of rotatable bonds is 9. The largest absolute Gasteiger partial charge is 0.507 e. The molecule has 1 aromatic heterocycles. The van der Waals surface area contributed by atoms with E-state index in [1.807, 2.05) is 30.3 Å². The molecule has 31 heavy (non-hydrogen) atoms. The van der Waals surface area contributed by atoms with Crippen LogP contribution in [0.2, 0.25) is 0 Å². The smallest absolute Gasteiger partial charge is 0.197 e. The fraction of sp³-hybridized carbons (Fsp3) is 0.423. The summed E-state index contributed by atoms with van der Waals surface area (Å²) in [6, 6.07) is 14.1. The molecule has 1 aliphatic rings. The van der Waals surface area contributed by atoms with E-state index in [0.717, 1.165) is 18.4 Å². The van der Waals surface area contributed by atoms with E-state index < -0.39 is 0 Å². The van der Waals surface area contributed by atoms with Crippen LogP contribution < -0.4 is 10.2 Å². The van der Waals surface area contributed by atoms with Crippen molar-refractivity contribution in [1.29, 1.82) is 0 Å². The zero-order valence-electron chi connectivity index (χ0n) is 18.0. The third kappa shape index (κ3) is 5.67. The van der Waals surface area contributed by atoms with E-state index in [1.54, 1.807) is 6.07 Å². The fourth-order valence-electron chi connectivity index (χ4n) is 4.24. The van der Waals surface area contributed by atoms with Gasteiger partial charge in [0.25, 0.3) is 0 Å². The SMILES string of the molecule is O=c1cc(-c2ccccc2)oc2cc(OCCCCCCN3CCCCC3)cc(O)c12. The molecule has 1 N–H and O–H groups in total. The number of likely N-dealkylation sites (tertiary alicyclic amines) is 1. The molecule has 5 nitrogen and oxygen atoms in total. The first-order valence-electron chi connectivity index (χ1n) is 11.4. The minimum atomic E-state index is -0.266. The van der Waals surface area contributed by atoms with Gasteiger partial charge in [0.2, 0.25) is 0 Å². The van der Waals surface area contributed by atoms with E-state index in [-0.39, 0.29) is 16.6 Å². The second kappa shape index (κ2) is 10.5. The summed E-state index contributed by atoms with van der Waals surface area (Å²) >= 11 is 0. The van der Waals surface area contributed by atoms with Gasteiger partial charge in [-0.2, -0.15) is 0 Å². The number of unbranched alkanes of at least 4 members (excludes halogenated alkanes) is 3. The van der Waals surface area contributed by atoms with Crippen LogP contribution in [0.5, 0.6) is 11.5 Å². The lowest BCUT2D eigenvalue weighted by atomic mass is 10.1. The summed E-state index contributed by atoms with van der Waals surface area (Å²) in [4.78, 5) is 15.1. The van der Waals surface area contributed by atoms with E-state index in [1.165, 1.54) is 63.9 Å². The Hall–Kier alpha value is -2.79. The van der Waals surface area contributed by atoms with Gasteiger partial charge < -0.3 is 19.2 Å². The molecule has 0 unspecified atom stereocenters. The van der Waals surface area contributed by atoms with E-state index in [0.29, 0.717) is 23.7 Å². The number of phenols is 1. The van der Waals surface area contributed by atoms with Gasteiger partial charge in [-0.05, 0) is 45.3 Å². The normalized spacial score (nSPS) is 14.7. The van der Waals surface area contributed by atoms with Gasteiger partial charge in [0.1, 0.15) is 28.2 Å². The van der Waals surface area contributed by atoms with Crippen molar-refractivity contribution in [3.05, 3.63) is 58.8 Å². The maximum absolute atomic E-state index is 12.5. The molecule has 0 bridgehead atoms. The molecule has 2 aromatic carbocycles. The zero-order valence-corrected chi connectivity index (χ0v) is 18.0. The topological polar surface area (TPSA) is 62.9 Å². The molecule has 0 atom stereocenters. The predicted molar refractivity (Wildman–Crippen MR) is 124 cm³/mol. The molecule has 1 aliphatic heterocycles. The summed E-state index contributed by atoms with van der Waals surface area (Å²) in [5, 5.41) is 10.5. The lowest BCUT2D eigenvalue weighted by molar-refractivity contribution is 0.223. The van der Waals surface area contributed by atoms with Crippen molar-refractivity contribution in [2.24, 2.45) is 0 Å². The predicted octanol–water partition coefficient (Wildman–Crippen LogP) is 5.59. The van der Waals surface area contributed by atoms with Crippen LogP contribution in [-0.4, -0.2) is 36.2 Å². The average molecular weight is 422 g/mol. The lowest BCUT2D eigenvalue weighted by Gasteiger charge is -2.26. The van der Waals surface area contributed by atoms with Crippen LogP contribution in [0.25, 0.3) is 22.3 Å². The third-order valence-electron chi connectivity index (χ3n) is 5.93. The van der Waals surface area contributed by atoms with Gasteiger partial charge in [0.15, 0.2) is 5.43 Å². The highest BCUT2D eigenvalue weighted by molar-refractivity contribution is 5.86. The molecule has 1 fully saturated rings. The minimum Gasteiger partial charge on any atom is -0.507 e. The Labute approximate surface area is 183 Å². The summed E-state index contributed by atoms with van der Waals surface area (Å²) < 4.78 is 11.8. The Kier molecular flexibility index (Phi) is 7.26. The molecule has 0 amide bonds. The number of aromatic hydroxyl groups is 1. The molecule has 0 radical (unpaired) electrons. The first kappa shape index (κ1) is 21.4. The molecule has 0 saturated carbocycles. The second-order valence-corrected chi connectivity index (χ2v) is 8.32. The monoisotopic (exact) mass is 421 g/mol. The maximum Gasteiger partial charge on any atom is 0.197 e. The number of piperidine rings is 1. The Morgan fingerprint density at radius 1 is 0.935 bits per heavy atom. The molecule has 1 saturated heterocycles. The van der Waals surface area contributed by atoms with Gasteiger partial charge in [-0.25, -0.2) is 0 Å². The van der Waals surface area contributed by atoms with Crippen molar-refractivity contribution in [2.75, 3.05) is 26.2 Å². The molecule has 0 aliphatic carbocycles. The van der Waals surface area contributed by atoms with Crippen molar-refractivity contribution in [3.63, 3.8) is 0 Å². The summed E-state index contributed by atoms with van der Waals surface area (Å²) in [5.41, 5.74) is 0.887. The summed E-state index contributed by atoms with van der Waals surface area (Å²) in [6.45, 7) is 4.31. The molecule has 4 rings (SSSR count). The first-order valence-corrected chi connectivity index (χ1v) is 11.4. The van der Waals surface area contributed by atoms with Crippen LogP contribution in [0.15, 0.2) is 57.7 Å². The number of phenolic OH excluding ortho intramolecular Hbond substituents is 1. The van der Waals surface area contributed by atoms with E-state index in [4.69, 9.17) is 9.15 Å². The first-order chi connectivity index (χ1) is 15.2. The van der Waals surface area contributed by atoms with Crippen molar-refractivity contribution in [1.82, 2.24) is 4.90 Å². The van der Waals surface area contributed by atoms with Gasteiger partial charge in [-0.1, -0.05) is 49.6 Å². The quantitative estimate of drug-likeness (QED) is 0.456. The van der Waals surface area contributed by atoms with Crippen LogP contribution in [0.3, 0.4) is 0 Å². The number of benzene rings is 2. The minimum absolute atomic E-state index is 0.109. The van der Waals surface area contributed by atoms with Crippen LogP contribution in [0.4, 0.5) is 0 Å². The van der Waals surface area contributed by atoms with Gasteiger partial charge in [0.05, 0.1) is 6.61 Å². The number of nitrogens with zero attached hydrogens (tertiary/aromatic N) is 1. The van der Waals surface area contributed by atoms with Gasteiger partial charge >= 0.3 is 0 Å². The van der Waals surface area contributed by atoms with Gasteiger partial charge in [-0.15, -0.1) is 0 Å². The standard InChI is InChI=1S/C26H31NO4/c28-22-17-21(30-16-10-2-1-7-13-27-14-8-4-9-15-27)18-25-26(22)23(29)19-24(31-25)20-11-5-3-6-12-20/h3,5-6,11-12,17-19,28H,1-2,4,7-10,13-16H2.